The quantitative estimate of drug-likeness (QED) is 0.697. The Morgan fingerprint density at radius 2 is 2.00 bits per heavy atom. The summed E-state index contributed by atoms with van der Waals surface area (Å²) in [5.41, 5.74) is 0.594. The summed E-state index contributed by atoms with van der Waals surface area (Å²) in [6, 6.07) is 3.77. The molecule has 1 rings (SSSR count). The molecule has 0 amide bonds. The van der Waals surface area contributed by atoms with Crippen LogP contribution in [0.15, 0.2) is 18.2 Å². The van der Waals surface area contributed by atoms with Crippen LogP contribution >= 0.6 is 15.9 Å². The van der Waals surface area contributed by atoms with E-state index < -0.39 is 11.6 Å². The molecule has 0 aliphatic rings. The Kier molecular flexibility index (Phi) is 5.23. The van der Waals surface area contributed by atoms with Crippen molar-refractivity contribution >= 4 is 15.9 Å². The van der Waals surface area contributed by atoms with Crippen LogP contribution in [0.3, 0.4) is 0 Å². The highest BCUT2D eigenvalue weighted by atomic mass is 79.9. The van der Waals surface area contributed by atoms with Gasteiger partial charge in [-0.15, -0.1) is 0 Å². The van der Waals surface area contributed by atoms with Gasteiger partial charge in [0, 0.05) is 10.9 Å². The van der Waals surface area contributed by atoms with Crippen molar-refractivity contribution in [1.29, 1.82) is 0 Å². The SMILES string of the molecule is CCCC(Br)CCc1ccc(F)cc1F. The fourth-order valence-corrected chi connectivity index (χ4v) is 2.18. The van der Waals surface area contributed by atoms with Gasteiger partial charge in [-0.1, -0.05) is 35.3 Å². The van der Waals surface area contributed by atoms with Crippen LogP contribution in [0.4, 0.5) is 8.78 Å². The van der Waals surface area contributed by atoms with Crippen molar-refractivity contribution in [3.8, 4) is 0 Å². The summed E-state index contributed by atoms with van der Waals surface area (Å²) in [4.78, 5) is 0.423. The van der Waals surface area contributed by atoms with Crippen LogP contribution in [0.25, 0.3) is 0 Å². The highest BCUT2D eigenvalue weighted by molar-refractivity contribution is 9.09. The maximum atomic E-state index is 13.2. The van der Waals surface area contributed by atoms with Gasteiger partial charge in [-0.3, -0.25) is 0 Å². The zero-order valence-electron chi connectivity index (χ0n) is 8.77. The van der Waals surface area contributed by atoms with Gasteiger partial charge in [-0.05, 0) is 30.9 Å². The molecule has 0 aromatic heterocycles. The molecule has 1 atom stereocenters. The minimum absolute atomic E-state index is 0.423. The molecule has 0 nitrogen and oxygen atoms in total. The van der Waals surface area contributed by atoms with Crippen molar-refractivity contribution in [2.45, 2.75) is 37.4 Å². The maximum Gasteiger partial charge on any atom is 0.129 e. The van der Waals surface area contributed by atoms with E-state index in [1.807, 2.05) is 0 Å². The molecule has 0 spiro atoms. The Morgan fingerprint density at radius 3 is 2.60 bits per heavy atom. The number of benzene rings is 1. The summed E-state index contributed by atoms with van der Waals surface area (Å²) in [6.07, 6.45) is 3.74. The topological polar surface area (TPSA) is 0 Å². The van der Waals surface area contributed by atoms with Crippen molar-refractivity contribution in [3.05, 3.63) is 35.4 Å². The van der Waals surface area contributed by atoms with E-state index in [0.29, 0.717) is 16.8 Å². The fourth-order valence-electron chi connectivity index (χ4n) is 1.49. The van der Waals surface area contributed by atoms with Crippen LogP contribution in [0.2, 0.25) is 0 Å². The number of halogens is 3. The number of rotatable bonds is 5. The average molecular weight is 277 g/mol. The lowest BCUT2D eigenvalue weighted by molar-refractivity contribution is 0.566. The monoisotopic (exact) mass is 276 g/mol. The molecule has 1 unspecified atom stereocenters. The van der Waals surface area contributed by atoms with Gasteiger partial charge >= 0.3 is 0 Å². The molecular weight excluding hydrogens is 262 g/mol. The van der Waals surface area contributed by atoms with Crippen LogP contribution in [-0.2, 0) is 6.42 Å². The van der Waals surface area contributed by atoms with Crippen molar-refractivity contribution in [1.82, 2.24) is 0 Å². The second-order valence-electron chi connectivity index (χ2n) is 3.66. The Balaban J connectivity index is 2.50. The van der Waals surface area contributed by atoms with Crippen molar-refractivity contribution in [3.63, 3.8) is 0 Å². The summed E-state index contributed by atoms with van der Waals surface area (Å²) in [6.45, 7) is 2.12. The minimum Gasteiger partial charge on any atom is -0.207 e. The average Bonchev–Trinajstić information content (AvgIpc) is 2.17. The van der Waals surface area contributed by atoms with E-state index in [1.54, 1.807) is 0 Å². The Morgan fingerprint density at radius 1 is 1.27 bits per heavy atom. The summed E-state index contributed by atoms with van der Waals surface area (Å²) in [7, 11) is 0. The van der Waals surface area contributed by atoms with Gasteiger partial charge in [0.2, 0.25) is 0 Å². The third kappa shape index (κ3) is 4.29. The Labute approximate surface area is 97.8 Å². The largest absolute Gasteiger partial charge is 0.207 e. The molecule has 0 saturated heterocycles. The van der Waals surface area contributed by atoms with Crippen LogP contribution in [0.5, 0.6) is 0 Å². The molecule has 0 bridgehead atoms. The molecule has 3 heteroatoms. The van der Waals surface area contributed by atoms with Gasteiger partial charge in [0.1, 0.15) is 11.6 Å². The molecule has 0 N–H and O–H groups in total. The highest BCUT2D eigenvalue weighted by Crippen LogP contribution is 2.18. The van der Waals surface area contributed by atoms with E-state index in [4.69, 9.17) is 0 Å². The zero-order valence-corrected chi connectivity index (χ0v) is 10.4. The lowest BCUT2D eigenvalue weighted by atomic mass is 10.1. The second-order valence-corrected chi connectivity index (χ2v) is 4.96. The zero-order chi connectivity index (χ0) is 11.3. The molecule has 0 radical (unpaired) electrons. The normalized spacial score (nSPS) is 12.8. The molecule has 1 aromatic carbocycles. The van der Waals surface area contributed by atoms with Crippen molar-refractivity contribution in [2.75, 3.05) is 0 Å². The maximum absolute atomic E-state index is 13.2. The first kappa shape index (κ1) is 12.6. The Bertz CT molecular complexity index is 312. The van der Waals surface area contributed by atoms with E-state index in [0.717, 1.165) is 25.3 Å². The lowest BCUT2D eigenvalue weighted by Gasteiger charge is -2.08. The molecule has 0 aliphatic heterocycles. The van der Waals surface area contributed by atoms with Crippen LogP contribution in [0, 0.1) is 11.6 Å². The van der Waals surface area contributed by atoms with E-state index >= 15 is 0 Å². The number of alkyl halides is 1. The fraction of sp³-hybridized carbons (Fsp3) is 0.500. The molecule has 1 aromatic rings. The van der Waals surface area contributed by atoms with Crippen molar-refractivity contribution in [2.24, 2.45) is 0 Å². The molecule has 0 heterocycles. The summed E-state index contributed by atoms with van der Waals surface area (Å²) in [5, 5.41) is 0. The first-order valence-corrected chi connectivity index (χ1v) is 6.13. The molecule has 0 aliphatic carbocycles. The predicted octanol–water partition coefficient (Wildman–Crippen LogP) is 4.46. The molecule has 15 heavy (non-hydrogen) atoms. The standard InChI is InChI=1S/C12H15BrF2/c1-2-3-10(13)6-4-9-5-7-11(14)8-12(9)15/h5,7-8,10H,2-4,6H2,1H3. The van der Waals surface area contributed by atoms with Gasteiger partial charge in [0.15, 0.2) is 0 Å². The van der Waals surface area contributed by atoms with Gasteiger partial charge < -0.3 is 0 Å². The van der Waals surface area contributed by atoms with Crippen LogP contribution in [0.1, 0.15) is 31.7 Å². The van der Waals surface area contributed by atoms with Gasteiger partial charge in [0.25, 0.3) is 0 Å². The molecule has 0 fully saturated rings. The molecule has 84 valence electrons. The van der Waals surface area contributed by atoms with Gasteiger partial charge in [-0.25, -0.2) is 8.78 Å². The summed E-state index contributed by atoms with van der Waals surface area (Å²) >= 11 is 3.54. The van der Waals surface area contributed by atoms with Gasteiger partial charge in [-0.2, -0.15) is 0 Å². The first-order valence-electron chi connectivity index (χ1n) is 5.21. The third-order valence-corrected chi connectivity index (χ3v) is 3.26. The van der Waals surface area contributed by atoms with E-state index in [9.17, 15) is 8.78 Å². The van der Waals surface area contributed by atoms with E-state index in [2.05, 4.69) is 22.9 Å². The molecule has 0 saturated carbocycles. The lowest BCUT2D eigenvalue weighted by Crippen LogP contribution is -2.01. The van der Waals surface area contributed by atoms with E-state index in [1.165, 1.54) is 12.1 Å². The minimum atomic E-state index is -0.514. The number of hydrogen-bond acceptors (Lipinski definition) is 0. The Hall–Kier alpha value is -0.440. The van der Waals surface area contributed by atoms with E-state index in [-0.39, 0.29) is 0 Å². The van der Waals surface area contributed by atoms with Crippen LogP contribution in [-0.4, -0.2) is 4.83 Å². The third-order valence-electron chi connectivity index (χ3n) is 2.34. The number of hydrogen-bond donors (Lipinski definition) is 0. The van der Waals surface area contributed by atoms with Crippen LogP contribution < -0.4 is 0 Å². The second kappa shape index (κ2) is 6.21. The first-order chi connectivity index (χ1) is 7.13. The predicted molar refractivity (Wildman–Crippen MR) is 62.3 cm³/mol. The summed E-state index contributed by atoms with van der Waals surface area (Å²) in [5.74, 6) is -0.952. The van der Waals surface area contributed by atoms with Gasteiger partial charge in [0.05, 0.1) is 0 Å². The highest BCUT2D eigenvalue weighted by Gasteiger charge is 2.07. The van der Waals surface area contributed by atoms with Crippen molar-refractivity contribution < 1.29 is 8.78 Å². The molecular formula is C12H15BrF2. The number of aryl methyl sites for hydroxylation is 1. The summed E-state index contributed by atoms with van der Waals surface area (Å²) < 4.78 is 25.8. The smallest absolute Gasteiger partial charge is 0.129 e.